The van der Waals surface area contributed by atoms with Gasteiger partial charge in [0, 0.05) is 18.8 Å². The fraction of sp³-hybridized carbons (Fsp3) is 0.0769. The lowest BCUT2D eigenvalue weighted by molar-refractivity contribution is 0.909. The summed E-state index contributed by atoms with van der Waals surface area (Å²) in [4.78, 5) is 0. The van der Waals surface area contributed by atoms with Crippen LogP contribution in [0, 0.1) is 22.7 Å². The smallest absolute Gasteiger partial charge is 0.120 e. The maximum atomic E-state index is 8.85. The zero-order valence-corrected chi connectivity index (χ0v) is 8.81. The average Bonchev–Trinajstić information content (AvgIpc) is 2.71. The molecule has 76 valence electrons. The monoisotopic (exact) mass is 207 g/mol. The van der Waals surface area contributed by atoms with Gasteiger partial charge in [0.05, 0.1) is 11.6 Å². The molecular formula is C13H9N3. The van der Waals surface area contributed by atoms with Gasteiger partial charge in [-0.3, -0.25) is 0 Å². The highest BCUT2D eigenvalue weighted by Crippen LogP contribution is 2.21. The van der Waals surface area contributed by atoms with Crippen molar-refractivity contribution in [2.24, 2.45) is 7.05 Å². The van der Waals surface area contributed by atoms with Gasteiger partial charge in [-0.25, -0.2) is 0 Å². The van der Waals surface area contributed by atoms with Gasteiger partial charge >= 0.3 is 0 Å². The third-order valence-corrected chi connectivity index (χ3v) is 2.47. The molecule has 2 rings (SSSR count). The van der Waals surface area contributed by atoms with E-state index in [2.05, 4.69) is 12.1 Å². The van der Waals surface area contributed by atoms with Crippen molar-refractivity contribution < 1.29 is 0 Å². The van der Waals surface area contributed by atoms with Gasteiger partial charge in [-0.2, -0.15) is 10.5 Å². The van der Waals surface area contributed by atoms with E-state index < -0.39 is 0 Å². The molecule has 3 heteroatoms. The van der Waals surface area contributed by atoms with Crippen LogP contribution in [0.1, 0.15) is 11.3 Å². The van der Waals surface area contributed by atoms with Gasteiger partial charge in [0.1, 0.15) is 11.8 Å². The van der Waals surface area contributed by atoms with Gasteiger partial charge in [-0.1, -0.05) is 12.1 Å². The lowest BCUT2D eigenvalue weighted by Gasteiger charge is -1.96. The summed E-state index contributed by atoms with van der Waals surface area (Å²) in [5.74, 6) is 0. The minimum absolute atomic E-state index is 0.624. The second kappa shape index (κ2) is 3.92. The number of aromatic nitrogens is 1. The van der Waals surface area contributed by atoms with Crippen molar-refractivity contribution in [3.05, 3.63) is 47.8 Å². The molecule has 0 aliphatic heterocycles. The number of benzene rings is 1. The molecule has 1 aromatic carbocycles. The second-order valence-corrected chi connectivity index (χ2v) is 3.53. The zero-order chi connectivity index (χ0) is 11.5. The quantitative estimate of drug-likeness (QED) is 0.721. The first-order valence-electron chi connectivity index (χ1n) is 4.81. The van der Waals surface area contributed by atoms with Gasteiger partial charge in [0.2, 0.25) is 0 Å². The Balaban J connectivity index is 2.44. The van der Waals surface area contributed by atoms with E-state index in [0.717, 1.165) is 11.1 Å². The molecule has 0 atom stereocenters. The van der Waals surface area contributed by atoms with Crippen LogP contribution >= 0.6 is 0 Å². The van der Waals surface area contributed by atoms with Crippen LogP contribution in [-0.2, 0) is 7.05 Å². The van der Waals surface area contributed by atoms with Crippen molar-refractivity contribution in [3.8, 4) is 23.3 Å². The van der Waals surface area contributed by atoms with E-state index in [4.69, 9.17) is 10.5 Å². The largest absolute Gasteiger partial charge is 0.342 e. The maximum absolute atomic E-state index is 8.85. The first kappa shape index (κ1) is 10.0. The minimum Gasteiger partial charge on any atom is -0.342 e. The Hall–Kier alpha value is -2.52. The number of hydrogen-bond donors (Lipinski definition) is 0. The third kappa shape index (κ3) is 1.67. The summed E-state index contributed by atoms with van der Waals surface area (Å²) in [5.41, 5.74) is 3.26. The Morgan fingerprint density at radius 1 is 1.00 bits per heavy atom. The number of nitrogens with zero attached hydrogens (tertiary/aromatic N) is 3. The predicted octanol–water partition coefficient (Wildman–Crippen LogP) is 2.44. The van der Waals surface area contributed by atoms with Gasteiger partial charge in [0.25, 0.3) is 0 Å². The predicted molar refractivity (Wildman–Crippen MR) is 60.3 cm³/mol. The maximum Gasteiger partial charge on any atom is 0.120 e. The van der Waals surface area contributed by atoms with Crippen LogP contribution in [0.15, 0.2) is 36.5 Å². The summed E-state index contributed by atoms with van der Waals surface area (Å²) in [6, 6.07) is 13.3. The molecule has 0 bridgehead atoms. The molecule has 0 amide bonds. The fourth-order valence-electron chi connectivity index (χ4n) is 1.57. The molecule has 0 radical (unpaired) electrons. The Labute approximate surface area is 93.8 Å². The highest BCUT2D eigenvalue weighted by atomic mass is 14.9. The summed E-state index contributed by atoms with van der Waals surface area (Å²) in [6.07, 6.45) is 1.90. The van der Waals surface area contributed by atoms with Crippen LogP contribution in [0.5, 0.6) is 0 Å². The standard InChI is InChI=1S/C13H9N3/c1-16-9-12(6-13(16)8-15)11-4-2-10(7-14)3-5-11/h2-6,9H,1H3. The normalized spacial score (nSPS) is 9.44. The van der Waals surface area contributed by atoms with E-state index in [1.54, 1.807) is 16.7 Å². The molecular weight excluding hydrogens is 198 g/mol. The summed E-state index contributed by atoms with van der Waals surface area (Å²) in [5, 5.41) is 17.5. The van der Waals surface area contributed by atoms with Gasteiger partial charge in [0.15, 0.2) is 0 Å². The van der Waals surface area contributed by atoms with E-state index in [9.17, 15) is 0 Å². The fourth-order valence-corrected chi connectivity index (χ4v) is 1.57. The third-order valence-electron chi connectivity index (χ3n) is 2.47. The molecule has 0 saturated heterocycles. The van der Waals surface area contributed by atoms with E-state index in [1.807, 2.05) is 31.4 Å². The van der Waals surface area contributed by atoms with Gasteiger partial charge < -0.3 is 4.57 Å². The molecule has 2 aromatic rings. The summed E-state index contributed by atoms with van der Waals surface area (Å²) >= 11 is 0. The average molecular weight is 207 g/mol. The first-order chi connectivity index (χ1) is 7.74. The number of rotatable bonds is 1. The molecule has 1 aromatic heterocycles. The molecule has 1 heterocycles. The molecule has 0 aliphatic carbocycles. The zero-order valence-electron chi connectivity index (χ0n) is 8.81. The SMILES string of the molecule is Cn1cc(-c2ccc(C#N)cc2)cc1C#N. The number of hydrogen-bond acceptors (Lipinski definition) is 2. The van der Waals surface area contributed by atoms with E-state index in [0.29, 0.717) is 11.3 Å². The van der Waals surface area contributed by atoms with Crippen LogP contribution < -0.4 is 0 Å². The van der Waals surface area contributed by atoms with Gasteiger partial charge in [-0.05, 0) is 23.8 Å². The Morgan fingerprint density at radius 3 is 2.19 bits per heavy atom. The van der Waals surface area contributed by atoms with Crippen molar-refractivity contribution in [2.75, 3.05) is 0 Å². The lowest BCUT2D eigenvalue weighted by atomic mass is 10.1. The molecule has 0 aliphatic rings. The molecule has 0 unspecified atom stereocenters. The molecule has 0 spiro atoms. The molecule has 0 saturated carbocycles. The molecule has 0 fully saturated rings. The minimum atomic E-state index is 0.624. The lowest BCUT2D eigenvalue weighted by Crippen LogP contribution is -1.86. The van der Waals surface area contributed by atoms with Crippen molar-refractivity contribution in [2.45, 2.75) is 0 Å². The van der Waals surface area contributed by atoms with Gasteiger partial charge in [-0.15, -0.1) is 0 Å². The molecule has 3 nitrogen and oxygen atoms in total. The Bertz CT molecular complexity index is 592. The van der Waals surface area contributed by atoms with Crippen molar-refractivity contribution in [1.29, 1.82) is 10.5 Å². The topological polar surface area (TPSA) is 52.5 Å². The van der Waals surface area contributed by atoms with E-state index >= 15 is 0 Å². The Morgan fingerprint density at radius 2 is 1.69 bits per heavy atom. The molecule has 0 N–H and O–H groups in total. The van der Waals surface area contributed by atoms with Crippen molar-refractivity contribution in [1.82, 2.24) is 4.57 Å². The highest BCUT2D eigenvalue weighted by molar-refractivity contribution is 5.65. The summed E-state index contributed by atoms with van der Waals surface area (Å²) in [7, 11) is 1.84. The van der Waals surface area contributed by atoms with Crippen molar-refractivity contribution in [3.63, 3.8) is 0 Å². The van der Waals surface area contributed by atoms with Crippen LogP contribution in [0.2, 0.25) is 0 Å². The summed E-state index contributed by atoms with van der Waals surface area (Å²) in [6.45, 7) is 0. The Kier molecular flexibility index (Phi) is 2.45. The van der Waals surface area contributed by atoms with Crippen LogP contribution in [0.4, 0.5) is 0 Å². The first-order valence-corrected chi connectivity index (χ1v) is 4.81. The van der Waals surface area contributed by atoms with E-state index in [1.165, 1.54) is 0 Å². The van der Waals surface area contributed by atoms with Crippen LogP contribution in [0.3, 0.4) is 0 Å². The molecule has 16 heavy (non-hydrogen) atoms. The summed E-state index contributed by atoms with van der Waals surface area (Å²) < 4.78 is 1.79. The van der Waals surface area contributed by atoms with Crippen LogP contribution in [-0.4, -0.2) is 4.57 Å². The number of aryl methyl sites for hydroxylation is 1. The number of nitriles is 2. The van der Waals surface area contributed by atoms with Crippen LogP contribution in [0.25, 0.3) is 11.1 Å². The van der Waals surface area contributed by atoms with E-state index in [-0.39, 0.29) is 0 Å². The van der Waals surface area contributed by atoms with Crippen molar-refractivity contribution >= 4 is 0 Å². The highest BCUT2D eigenvalue weighted by Gasteiger charge is 2.04. The second-order valence-electron chi connectivity index (χ2n) is 3.53.